The van der Waals surface area contributed by atoms with E-state index in [0.717, 1.165) is 17.4 Å². The van der Waals surface area contributed by atoms with Crippen molar-refractivity contribution in [2.75, 3.05) is 18.1 Å². The molecule has 8 heteroatoms. The van der Waals surface area contributed by atoms with Crippen LogP contribution in [0.5, 0.6) is 0 Å². The van der Waals surface area contributed by atoms with Gasteiger partial charge in [0.15, 0.2) is 17.0 Å². The lowest BCUT2D eigenvalue weighted by Crippen LogP contribution is -2.18. The lowest BCUT2D eigenvalue weighted by molar-refractivity contribution is 0.156. The molecule has 0 fully saturated rings. The Morgan fingerprint density at radius 2 is 1.88 bits per heavy atom. The summed E-state index contributed by atoms with van der Waals surface area (Å²) in [6, 6.07) is 5.43. The lowest BCUT2D eigenvalue weighted by Gasteiger charge is -2.17. The molecule has 2 N–H and O–H groups in total. The Balaban J connectivity index is 1.74. The summed E-state index contributed by atoms with van der Waals surface area (Å²) in [5.41, 5.74) is 3.65. The molecule has 0 aliphatic carbocycles. The maximum atomic E-state index is 9.41. The third-order valence-electron chi connectivity index (χ3n) is 4.34. The second-order valence-corrected chi connectivity index (χ2v) is 6.25. The maximum absolute atomic E-state index is 9.41. The highest BCUT2D eigenvalue weighted by Gasteiger charge is 2.24. The molecule has 0 atom stereocenters. The molecule has 24 heavy (non-hydrogen) atoms. The number of rotatable bonds is 4. The first-order chi connectivity index (χ1) is 11.7. The minimum atomic E-state index is -0.465. The van der Waals surface area contributed by atoms with Crippen molar-refractivity contribution in [2.24, 2.45) is 0 Å². The van der Waals surface area contributed by atoms with Crippen LogP contribution in [0.3, 0.4) is 0 Å². The highest BCUT2D eigenvalue weighted by Crippen LogP contribution is 2.32. The fourth-order valence-electron chi connectivity index (χ4n) is 3.08. The molecule has 4 rings (SSSR count). The molecule has 7 nitrogen and oxygen atoms in total. The SMILES string of the molecule is OCC(CO)n1cnc2c(N3Cc4ccc(Cl)cc4C3)ncnc21. The Kier molecular flexibility index (Phi) is 3.84. The molecule has 0 saturated carbocycles. The number of fused-ring (bicyclic) bond motifs is 2. The van der Waals surface area contributed by atoms with Crippen LogP contribution in [-0.2, 0) is 13.1 Å². The Morgan fingerprint density at radius 1 is 1.08 bits per heavy atom. The van der Waals surface area contributed by atoms with Gasteiger partial charge in [-0.3, -0.25) is 0 Å². The number of anilines is 1. The predicted molar refractivity (Wildman–Crippen MR) is 89.9 cm³/mol. The van der Waals surface area contributed by atoms with Crippen LogP contribution in [0.4, 0.5) is 5.82 Å². The molecular formula is C16H16ClN5O2. The quantitative estimate of drug-likeness (QED) is 0.745. The molecule has 2 aromatic heterocycles. The van der Waals surface area contributed by atoms with Crippen molar-refractivity contribution in [3.8, 4) is 0 Å². The average molecular weight is 346 g/mol. The maximum Gasteiger partial charge on any atom is 0.165 e. The number of benzene rings is 1. The van der Waals surface area contributed by atoms with Crippen LogP contribution in [0.1, 0.15) is 17.2 Å². The van der Waals surface area contributed by atoms with Crippen molar-refractivity contribution < 1.29 is 10.2 Å². The van der Waals surface area contributed by atoms with Crippen molar-refractivity contribution in [3.05, 3.63) is 47.0 Å². The number of aliphatic hydroxyl groups excluding tert-OH is 2. The number of halogens is 1. The van der Waals surface area contributed by atoms with Crippen LogP contribution in [0.15, 0.2) is 30.9 Å². The summed E-state index contributed by atoms with van der Waals surface area (Å²) in [5.74, 6) is 0.737. The smallest absolute Gasteiger partial charge is 0.165 e. The van der Waals surface area contributed by atoms with E-state index in [1.54, 1.807) is 10.9 Å². The fourth-order valence-corrected chi connectivity index (χ4v) is 3.28. The second kappa shape index (κ2) is 6.01. The van der Waals surface area contributed by atoms with Crippen LogP contribution in [0, 0.1) is 0 Å². The Bertz CT molecular complexity index is 893. The molecule has 0 bridgehead atoms. The first-order valence-electron chi connectivity index (χ1n) is 7.62. The molecular weight excluding hydrogens is 330 g/mol. The third-order valence-corrected chi connectivity index (χ3v) is 4.58. The first kappa shape index (κ1) is 15.3. The molecule has 124 valence electrons. The summed E-state index contributed by atoms with van der Waals surface area (Å²) in [5, 5.41) is 19.5. The zero-order chi connectivity index (χ0) is 16.7. The van der Waals surface area contributed by atoms with Gasteiger partial charge in [-0.1, -0.05) is 17.7 Å². The van der Waals surface area contributed by atoms with E-state index in [-0.39, 0.29) is 13.2 Å². The third kappa shape index (κ3) is 2.41. The molecule has 3 heterocycles. The lowest BCUT2D eigenvalue weighted by atomic mass is 10.1. The fraction of sp³-hybridized carbons (Fsp3) is 0.312. The van der Waals surface area contributed by atoms with E-state index < -0.39 is 6.04 Å². The number of aromatic nitrogens is 4. The predicted octanol–water partition coefficient (Wildman–Crippen LogP) is 1.53. The van der Waals surface area contributed by atoms with Crippen molar-refractivity contribution in [1.29, 1.82) is 0 Å². The van der Waals surface area contributed by atoms with E-state index >= 15 is 0 Å². The minimum Gasteiger partial charge on any atom is -0.394 e. The van der Waals surface area contributed by atoms with Crippen molar-refractivity contribution in [2.45, 2.75) is 19.1 Å². The van der Waals surface area contributed by atoms with Gasteiger partial charge in [-0.05, 0) is 23.3 Å². The summed E-state index contributed by atoms with van der Waals surface area (Å²) >= 11 is 6.08. The molecule has 3 aromatic rings. The largest absolute Gasteiger partial charge is 0.394 e. The topological polar surface area (TPSA) is 87.3 Å². The van der Waals surface area contributed by atoms with Gasteiger partial charge in [0, 0.05) is 18.1 Å². The first-order valence-corrected chi connectivity index (χ1v) is 8.00. The molecule has 1 aliphatic rings. The zero-order valence-electron chi connectivity index (χ0n) is 12.8. The highest BCUT2D eigenvalue weighted by atomic mass is 35.5. The van der Waals surface area contributed by atoms with Gasteiger partial charge in [0.1, 0.15) is 6.33 Å². The van der Waals surface area contributed by atoms with Crippen molar-refractivity contribution >= 4 is 28.6 Å². The Hall–Kier alpha value is -2.22. The number of nitrogens with zero attached hydrogens (tertiary/aromatic N) is 5. The monoisotopic (exact) mass is 345 g/mol. The van der Waals surface area contributed by atoms with Crippen molar-refractivity contribution in [3.63, 3.8) is 0 Å². The molecule has 0 spiro atoms. The van der Waals surface area contributed by atoms with E-state index in [1.165, 1.54) is 17.5 Å². The summed E-state index contributed by atoms with van der Waals surface area (Å²) in [4.78, 5) is 15.2. The minimum absolute atomic E-state index is 0.186. The number of aliphatic hydroxyl groups is 2. The van der Waals surface area contributed by atoms with Gasteiger partial charge in [-0.15, -0.1) is 0 Å². The zero-order valence-corrected chi connectivity index (χ0v) is 13.6. The van der Waals surface area contributed by atoms with E-state index in [1.807, 2.05) is 18.2 Å². The molecule has 0 unspecified atom stereocenters. The van der Waals surface area contributed by atoms with Crippen LogP contribution < -0.4 is 4.90 Å². The van der Waals surface area contributed by atoms with Gasteiger partial charge in [0.25, 0.3) is 0 Å². The van der Waals surface area contributed by atoms with Crippen LogP contribution in [0.25, 0.3) is 11.2 Å². The van der Waals surface area contributed by atoms with Gasteiger partial charge in [0.2, 0.25) is 0 Å². The number of hydrogen-bond donors (Lipinski definition) is 2. The summed E-state index contributed by atoms with van der Waals surface area (Å²) < 4.78 is 1.68. The average Bonchev–Trinajstić information content (AvgIpc) is 3.20. The second-order valence-electron chi connectivity index (χ2n) is 5.81. The van der Waals surface area contributed by atoms with Gasteiger partial charge in [0.05, 0.1) is 25.6 Å². The summed E-state index contributed by atoms with van der Waals surface area (Å²) in [7, 11) is 0. The Morgan fingerprint density at radius 3 is 2.67 bits per heavy atom. The molecule has 0 saturated heterocycles. The molecule has 1 aliphatic heterocycles. The van der Waals surface area contributed by atoms with Crippen LogP contribution in [-0.4, -0.2) is 42.9 Å². The summed E-state index contributed by atoms with van der Waals surface area (Å²) in [6.07, 6.45) is 3.07. The van der Waals surface area contributed by atoms with Crippen LogP contribution in [0.2, 0.25) is 5.02 Å². The normalized spacial score (nSPS) is 13.9. The van der Waals surface area contributed by atoms with Gasteiger partial charge in [-0.2, -0.15) is 0 Å². The highest BCUT2D eigenvalue weighted by molar-refractivity contribution is 6.30. The standard InChI is InChI=1S/C16H16ClN5O2/c17-12-2-1-10-4-21(5-11(10)3-12)15-14-16(19-8-18-15)22(9-20-14)13(6-23)7-24/h1-3,8-9,13,23-24H,4-7H2. The van der Waals surface area contributed by atoms with E-state index in [9.17, 15) is 10.2 Å². The van der Waals surface area contributed by atoms with Gasteiger partial charge in [-0.25, -0.2) is 15.0 Å². The molecule has 0 amide bonds. The van der Waals surface area contributed by atoms with Gasteiger partial charge < -0.3 is 19.7 Å². The van der Waals surface area contributed by atoms with Crippen LogP contribution >= 0.6 is 11.6 Å². The summed E-state index contributed by atoms with van der Waals surface area (Å²) in [6.45, 7) is 1.07. The number of hydrogen-bond acceptors (Lipinski definition) is 6. The van der Waals surface area contributed by atoms with Crippen molar-refractivity contribution in [1.82, 2.24) is 19.5 Å². The van der Waals surface area contributed by atoms with E-state index in [2.05, 4.69) is 19.9 Å². The van der Waals surface area contributed by atoms with E-state index in [0.29, 0.717) is 17.7 Å². The molecule has 0 radical (unpaired) electrons. The molecule has 1 aromatic carbocycles. The number of imidazole rings is 1. The Labute approximate surface area is 143 Å². The van der Waals surface area contributed by atoms with E-state index in [4.69, 9.17) is 11.6 Å². The van der Waals surface area contributed by atoms with Gasteiger partial charge >= 0.3 is 0 Å².